The second-order valence-corrected chi connectivity index (χ2v) is 5.66. The minimum Gasteiger partial charge on any atom is -0.507 e. The Labute approximate surface area is 141 Å². The lowest BCUT2D eigenvalue weighted by molar-refractivity contribution is 0.0693. The minimum absolute atomic E-state index is 0.115. The van der Waals surface area contributed by atoms with Gasteiger partial charge in [0.1, 0.15) is 11.3 Å². The summed E-state index contributed by atoms with van der Waals surface area (Å²) in [4.78, 5) is 37.7. The Kier molecular flexibility index (Phi) is 3.08. The molecule has 0 aliphatic carbocycles. The van der Waals surface area contributed by atoms with E-state index in [4.69, 9.17) is 5.11 Å². The number of carboxylic acid groups (broad SMARTS) is 1. The van der Waals surface area contributed by atoms with Gasteiger partial charge in [-0.05, 0) is 29.7 Å². The molecule has 2 N–H and O–H groups in total. The Morgan fingerprint density at radius 2 is 1.48 bits per heavy atom. The highest BCUT2D eigenvalue weighted by Gasteiger charge is 2.34. The van der Waals surface area contributed by atoms with Crippen molar-refractivity contribution in [2.24, 2.45) is 0 Å². The van der Waals surface area contributed by atoms with Crippen molar-refractivity contribution in [3.63, 3.8) is 0 Å². The maximum absolute atomic E-state index is 12.9. The summed E-state index contributed by atoms with van der Waals surface area (Å²) in [5.74, 6) is -2.84. The van der Waals surface area contributed by atoms with Gasteiger partial charge in [-0.15, -0.1) is 0 Å². The van der Waals surface area contributed by atoms with Gasteiger partial charge in [0.05, 0.1) is 5.69 Å². The van der Waals surface area contributed by atoms with Gasteiger partial charge >= 0.3 is 5.97 Å². The molecular formula is C19H11NO5. The summed E-state index contributed by atoms with van der Waals surface area (Å²) >= 11 is 0. The van der Waals surface area contributed by atoms with Crippen LogP contribution in [0.25, 0.3) is 10.8 Å². The third-order valence-electron chi connectivity index (χ3n) is 4.24. The molecule has 0 fully saturated rings. The van der Waals surface area contributed by atoms with Crippen molar-refractivity contribution >= 4 is 34.2 Å². The van der Waals surface area contributed by atoms with Crippen LogP contribution < -0.4 is 4.90 Å². The Hall–Kier alpha value is -3.67. The smallest absolute Gasteiger partial charge is 0.339 e. The van der Waals surface area contributed by atoms with Gasteiger partial charge < -0.3 is 10.2 Å². The van der Waals surface area contributed by atoms with Gasteiger partial charge in [0.15, 0.2) is 0 Å². The fraction of sp³-hybridized carbons (Fsp3) is 0. The van der Waals surface area contributed by atoms with E-state index < -0.39 is 23.5 Å². The molecule has 0 aromatic heterocycles. The summed E-state index contributed by atoms with van der Waals surface area (Å²) in [5.41, 5.74) is 0.580. The molecule has 1 heterocycles. The minimum atomic E-state index is -1.30. The molecule has 3 aromatic rings. The number of nitrogens with zero attached hydrogens (tertiary/aromatic N) is 1. The Morgan fingerprint density at radius 1 is 0.880 bits per heavy atom. The van der Waals surface area contributed by atoms with Gasteiger partial charge in [0, 0.05) is 22.6 Å². The van der Waals surface area contributed by atoms with E-state index in [0.29, 0.717) is 16.5 Å². The van der Waals surface area contributed by atoms with E-state index in [1.54, 1.807) is 24.3 Å². The molecule has 0 radical (unpaired) electrons. The molecular weight excluding hydrogens is 322 g/mol. The van der Waals surface area contributed by atoms with Gasteiger partial charge in [-0.2, -0.15) is 0 Å². The topological polar surface area (TPSA) is 94.9 Å². The molecule has 3 aromatic carbocycles. The highest BCUT2D eigenvalue weighted by molar-refractivity contribution is 6.35. The molecule has 0 bridgehead atoms. The average Bonchev–Trinajstić information content (AvgIpc) is 2.59. The first kappa shape index (κ1) is 14.9. The highest BCUT2D eigenvalue weighted by atomic mass is 16.4. The molecule has 0 saturated carbocycles. The fourth-order valence-corrected chi connectivity index (χ4v) is 3.11. The lowest BCUT2D eigenvalue weighted by atomic mass is 9.93. The summed E-state index contributed by atoms with van der Waals surface area (Å²) in [7, 11) is 0. The Morgan fingerprint density at radius 3 is 2.00 bits per heavy atom. The zero-order valence-electron chi connectivity index (χ0n) is 12.8. The molecule has 25 heavy (non-hydrogen) atoms. The molecule has 1 aliphatic rings. The van der Waals surface area contributed by atoms with E-state index in [1.807, 2.05) is 12.1 Å². The van der Waals surface area contributed by atoms with Crippen molar-refractivity contribution in [2.45, 2.75) is 0 Å². The van der Waals surface area contributed by atoms with Crippen molar-refractivity contribution in [3.05, 3.63) is 71.3 Å². The predicted molar refractivity (Wildman–Crippen MR) is 90.2 cm³/mol. The predicted octanol–water partition coefficient (Wildman–Crippen LogP) is 3.04. The second kappa shape index (κ2) is 5.17. The molecule has 4 rings (SSSR count). The number of hydrogen-bond donors (Lipinski definition) is 2. The molecule has 6 nitrogen and oxygen atoms in total. The second-order valence-electron chi connectivity index (χ2n) is 5.66. The normalized spacial score (nSPS) is 13.4. The molecule has 1 aliphatic heterocycles. The van der Waals surface area contributed by atoms with Gasteiger partial charge in [0.25, 0.3) is 11.8 Å². The Bertz CT molecular complexity index is 1040. The van der Waals surface area contributed by atoms with Crippen LogP contribution in [0, 0.1) is 0 Å². The Balaban J connectivity index is 1.91. The van der Waals surface area contributed by atoms with Gasteiger partial charge in [-0.3, -0.25) is 9.59 Å². The molecule has 0 saturated heterocycles. The summed E-state index contributed by atoms with van der Waals surface area (Å²) in [6, 6.07) is 14.0. The number of anilines is 1. The van der Waals surface area contributed by atoms with Crippen LogP contribution in [0.1, 0.15) is 31.1 Å². The van der Waals surface area contributed by atoms with E-state index in [9.17, 15) is 19.5 Å². The van der Waals surface area contributed by atoms with Crippen molar-refractivity contribution < 1.29 is 24.6 Å². The fourth-order valence-electron chi connectivity index (χ4n) is 3.11. The van der Waals surface area contributed by atoms with Gasteiger partial charge in [0.2, 0.25) is 0 Å². The number of carbonyl (C=O) groups excluding carboxylic acids is 2. The third kappa shape index (κ3) is 2.08. The first-order valence-corrected chi connectivity index (χ1v) is 7.46. The van der Waals surface area contributed by atoms with Crippen LogP contribution in [0.2, 0.25) is 0 Å². The third-order valence-corrected chi connectivity index (χ3v) is 4.24. The molecule has 122 valence electrons. The monoisotopic (exact) mass is 333 g/mol. The number of aromatic carboxylic acids is 1. The number of carbonyl (C=O) groups is 3. The molecule has 0 atom stereocenters. The zero-order chi connectivity index (χ0) is 17.7. The first-order valence-electron chi connectivity index (χ1n) is 7.46. The number of benzene rings is 3. The largest absolute Gasteiger partial charge is 0.507 e. The van der Waals surface area contributed by atoms with Crippen molar-refractivity contribution in [1.29, 1.82) is 0 Å². The summed E-state index contributed by atoms with van der Waals surface area (Å²) < 4.78 is 0. The van der Waals surface area contributed by atoms with Gasteiger partial charge in [-0.25, -0.2) is 9.69 Å². The van der Waals surface area contributed by atoms with E-state index >= 15 is 0 Å². The van der Waals surface area contributed by atoms with Crippen molar-refractivity contribution in [2.75, 3.05) is 4.90 Å². The standard InChI is InChI=1S/C19H11NO5/c21-15-9-11(7-8-12(15)19(24)25)20-17(22)13-5-1-3-10-4-2-6-14(16(10)13)18(20)23/h1-9,21H,(H,24,25). The van der Waals surface area contributed by atoms with E-state index in [2.05, 4.69) is 0 Å². The number of aromatic hydroxyl groups is 1. The van der Waals surface area contributed by atoms with Crippen LogP contribution in [0.5, 0.6) is 5.75 Å². The zero-order valence-corrected chi connectivity index (χ0v) is 12.8. The highest BCUT2D eigenvalue weighted by Crippen LogP contribution is 2.34. The number of carboxylic acids is 1. The van der Waals surface area contributed by atoms with Crippen LogP contribution in [-0.2, 0) is 0 Å². The summed E-state index contributed by atoms with van der Waals surface area (Å²) in [6.45, 7) is 0. The molecule has 0 unspecified atom stereocenters. The molecule has 0 spiro atoms. The van der Waals surface area contributed by atoms with Crippen LogP contribution >= 0.6 is 0 Å². The van der Waals surface area contributed by atoms with Crippen LogP contribution in [-0.4, -0.2) is 28.0 Å². The van der Waals surface area contributed by atoms with Crippen LogP contribution in [0.4, 0.5) is 5.69 Å². The summed E-state index contributed by atoms with van der Waals surface area (Å²) in [6.07, 6.45) is 0. The number of imide groups is 1. The quantitative estimate of drug-likeness (QED) is 0.703. The number of rotatable bonds is 2. The van der Waals surface area contributed by atoms with E-state index in [1.165, 1.54) is 6.07 Å². The molecule has 2 amide bonds. The van der Waals surface area contributed by atoms with Crippen molar-refractivity contribution in [1.82, 2.24) is 0 Å². The maximum Gasteiger partial charge on any atom is 0.339 e. The molecule has 6 heteroatoms. The van der Waals surface area contributed by atoms with E-state index in [0.717, 1.165) is 22.4 Å². The SMILES string of the molecule is O=C(O)c1ccc(N2C(=O)c3cccc4cccc(c34)C2=O)cc1O. The van der Waals surface area contributed by atoms with Crippen molar-refractivity contribution in [3.8, 4) is 5.75 Å². The van der Waals surface area contributed by atoms with E-state index in [-0.39, 0.29) is 11.3 Å². The van der Waals surface area contributed by atoms with Gasteiger partial charge in [-0.1, -0.05) is 24.3 Å². The number of phenols is 1. The lowest BCUT2D eigenvalue weighted by Gasteiger charge is -2.27. The first-order chi connectivity index (χ1) is 12.0. The van der Waals surface area contributed by atoms with Crippen LogP contribution in [0.15, 0.2) is 54.6 Å². The number of hydrogen-bond acceptors (Lipinski definition) is 4. The lowest BCUT2D eigenvalue weighted by Crippen LogP contribution is -2.40. The average molecular weight is 333 g/mol. The van der Waals surface area contributed by atoms with Crippen LogP contribution in [0.3, 0.4) is 0 Å². The maximum atomic E-state index is 12.9. The number of amides is 2. The summed E-state index contributed by atoms with van der Waals surface area (Å²) in [5, 5.41) is 20.3.